The molecule has 0 bridgehead atoms. The lowest BCUT2D eigenvalue weighted by Gasteiger charge is -2.10. The van der Waals surface area contributed by atoms with Gasteiger partial charge in [-0.15, -0.1) is 0 Å². The summed E-state index contributed by atoms with van der Waals surface area (Å²) in [6.07, 6.45) is 0.741. The molecule has 1 aliphatic heterocycles. The van der Waals surface area contributed by atoms with Gasteiger partial charge in [0.2, 0.25) is 0 Å². The van der Waals surface area contributed by atoms with E-state index in [1.165, 1.54) is 0 Å². The van der Waals surface area contributed by atoms with Crippen LogP contribution in [0.5, 0.6) is 11.5 Å². The van der Waals surface area contributed by atoms with E-state index in [2.05, 4.69) is 21.1 Å². The molecule has 0 saturated carbocycles. The number of nitrogens with zero attached hydrogens (tertiary/aromatic N) is 1. The van der Waals surface area contributed by atoms with Crippen molar-refractivity contribution in [2.24, 2.45) is 5.16 Å². The number of hydrogen-bond acceptors (Lipinski definition) is 4. The zero-order chi connectivity index (χ0) is 11.4. The van der Waals surface area contributed by atoms with Gasteiger partial charge in [0.05, 0.1) is 7.11 Å². The van der Waals surface area contributed by atoms with E-state index in [1.54, 1.807) is 7.11 Å². The second-order valence-electron chi connectivity index (χ2n) is 3.39. The minimum Gasteiger partial charge on any atom is -0.497 e. The van der Waals surface area contributed by atoms with Crippen LogP contribution in [-0.4, -0.2) is 24.4 Å². The summed E-state index contributed by atoms with van der Waals surface area (Å²) < 4.78 is 11.5. The molecule has 0 spiro atoms. The highest BCUT2D eigenvalue weighted by molar-refractivity contribution is 9.18. The average molecular weight is 286 g/mol. The topological polar surface area (TPSA) is 40.0 Å². The molecule has 0 saturated heterocycles. The van der Waals surface area contributed by atoms with Crippen molar-refractivity contribution < 1.29 is 14.3 Å². The Morgan fingerprint density at radius 3 is 3.00 bits per heavy atom. The van der Waals surface area contributed by atoms with Crippen molar-refractivity contribution >= 4 is 20.6 Å². The molecule has 1 aromatic carbocycles. The zero-order valence-electron chi connectivity index (χ0n) is 8.85. The molecule has 0 aromatic heterocycles. The van der Waals surface area contributed by atoms with Gasteiger partial charge in [0.25, 0.3) is 0 Å². The third kappa shape index (κ3) is 2.88. The van der Waals surface area contributed by atoms with Gasteiger partial charge in [-0.2, -0.15) is 0 Å². The molecule has 0 radical (unpaired) electrons. The third-order valence-corrected chi connectivity index (χ3v) is 2.64. The van der Waals surface area contributed by atoms with Crippen molar-refractivity contribution in [3.8, 4) is 11.5 Å². The number of benzene rings is 1. The lowest BCUT2D eigenvalue weighted by Crippen LogP contribution is -2.17. The molecular formula is C11H12BrNO3. The van der Waals surface area contributed by atoms with Gasteiger partial charge in [-0.1, -0.05) is 11.2 Å². The maximum atomic E-state index is 5.58. The first kappa shape index (κ1) is 11.3. The number of rotatable bonds is 4. The van der Waals surface area contributed by atoms with Crippen LogP contribution in [0, 0.1) is 0 Å². The smallest absolute Gasteiger partial charge is 0.167 e. The fourth-order valence-corrected chi connectivity index (χ4v) is 1.81. The Kier molecular flexibility index (Phi) is 3.66. The third-order valence-electron chi connectivity index (χ3n) is 2.17. The fourth-order valence-electron chi connectivity index (χ4n) is 1.36. The fraction of sp³-hybridized carbons (Fsp3) is 0.364. The molecule has 2 rings (SSSR count). The molecule has 1 aliphatic rings. The summed E-state index contributed by atoms with van der Waals surface area (Å²) in [5.74, 6) is 1.55. The van der Waals surface area contributed by atoms with Gasteiger partial charge >= 0.3 is 0 Å². The second-order valence-corrected chi connectivity index (χ2v) is 4.30. The van der Waals surface area contributed by atoms with Gasteiger partial charge in [-0.25, -0.2) is 0 Å². The van der Waals surface area contributed by atoms with Crippen molar-refractivity contribution in [2.45, 2.75) is 12.5 Å². The van der Waals surface area contributed by atoms with E-state index in [4.69, 9.17) is 14.3 Å². The number of ether oxygens (including phenoxy) is 2. The Balaban J connectivity index is 1.85. The minimum absolute atomic E-state index is 0.0134. The Morgan fingerprint density at radius 2 is 2.31 bits per heavy atom. The summed E-state index contributed by atoms with van der Waals surface area (Å²) in [6.45, 7) is 0.478. The Hall–Kier alpha value is -1.23. The SMILES string of the molecule is COc1cccc(OC[C@@H]2CC(Br)=NO2)c1. The largest absolute Gasteiger partial charge is 0.497 e. The molecule has 5 heteroatoms. The highest BCUT2D eigenvalue weighted by Crippen LogP contribution is 2.20. The van der Waals surface area contributed by atoms with Crippen LogP contribution >= 0.6 is 15.9 Å². The Morgan fingerprint density at radius 1 is 1.50 bits per heavy atom. The molecule has 0 fully saturated rings. The van der Waals surface area contributed by atoms with E-state index in [9.17, 15) is 0 Å². The van der Waals surface area contributed by atoms with Crippen LogP contribution in [0.15, 0.2) is 29.4 Å². The van der Waals surface area contributed by atoms with Gasteiger partial charge in [-0.05, 0) is 28.1 Å². The first-order chi connectivity index (χ1) is 7.78. The molecule has 0 unspecified atom stereocenters. The van der Waals surface area contributed by atoms with E-state index in [1.807, 2.05) is 24.3 Å². The number of oxime groups is 1. The molecule has 4 nitrogen and oxygen atoms in total. The minimum atomic E-state index is -0.0134. The molecule has 16 heavy (non-hydrogen) atoms. The van der Waals surface area contributed by atoms with E-state index in [-0.39, 0.29) is 6.10 Å². The van der Waals surface area contributed by atoms with E-state index >= 15 is 0 Å². The normalized spacial score (nSPS) is 18.9. The van der Waals surface area contributed by atoms with Gasteiger partial charge in [0.15, 0.2) is 6.10 Å². The molecule has 0 N–H and O–H groups in total. The Labute approximate surface area is 102 Å². The maximum Gasteiger partial charge on any atom is 0.167 e. The summed E-state index contributed by atoms with van der Waals surface area (Å²) in [7, 11) is 1.63. The van der Waals surface area contributed by atoms with Crippen LogP contribution < -0.4 is 9.47 Å². The van der Waals surface area contributed by atoms with Crippen molar-refractivity contribution in [3.63, 3.8) is 0 Å². The van der Waals surface area contributed by atoms with Gasteiger partial charge in [0, 0.05) is 12.5 Å². The van der Waals surface area contributed by atoms with E-state index in [0.717, 1.165) is 22.5 Å². The summed E-state index contributed by atoms with van der Waals surface area (Å²) in [4.78, 5) is 5.13. The molecule has 0 amide bonds. The van der Waals surface area contributed by atoms with Crippen LogP contribution in [0.4, 0.5) is 0 Å². The molecule has 1 aromatic rings. The van der Waals surface area contributed by atoms with Crippen molar-refractivity contribution in [3.05, 3.63) is 24.3 Å². The van der Waals surface area contributed by atoms with E-state index in [0.29, 0.717) is 6.61 Å². The predicted molar refractivity (Wildman–Crippen MR) is 64.3 cm³/mol. The monoisotopic (exact) mass is 285 g/mol. The summed E-state index contributed by atoms with van der Waals surface area (Å²) in [5.41, 5.74) is 0. The van der Waals surface area contributed by atoms with Crippen LogP contribution in [0.2, 0.25) is 0 Å². The quantitative estimate of drug-likeness (QED) is 0.854. The molecule has 1 heterocycles. The highest BCUT2D eigenvalue weighted by atomic mass is 79.9. The van der Waals surface area contributed by atoms with Crippen molar-refractivity contribution in [1.29, 1.82) is 0 Å². The van der Waals surface area contributed by atoms with Gasteiger partial charge < -0.3 is 14.3 Å². The summed E-state index contributed by atoms with van der Waals surface area (Å²) in [5, 5.41) is 3.79. The number of methoxy groups -OCH3 is 1. The predicted octanol–water partition coefficient (Wildman–Crippen LogP) is 2.57. The standard InChI is InChI=1S/C11H12BrNO3/c1-14-8-3-2-4-9(5-8)15-7-10-6-11(12)13-16-10/h2-5,10H,6-7H2,1H3/t10-/m0/s1. The van der Waals surface area contributed by atoms with Crippen LogP contribution in [0.25, 0.3) is 0 Å². The maximum absolute atomic E-state index is 5.58. The first-order valence-corrected chi connectivity index (χ1v) is 5.72. The number of halogens is 1. The van der Waals surface area contributed by atoms with Gasteiger partial charge in [-0.3, -0.25) is 0 Å². The van der Waals surface area contributed by atoms with Gasteiger partial charge in [0.1, 0.15) is 22.7 Å². The second kappa shape index (κ2) is 5.21. The lowest BCUT2D eigenvalue weighted by atomic mass is 10.3. The summed E-state index contributed by atoms with van der Waals surface area (Å²) >= 11 is 3.28. The van der Waals surface area contributed by atoms with Crippen LogP contribution in [0.3, 0.4) is 0 Å². The van der Waals surface area contributed by atoms with E-state index < -0.39 is 0 Å². The van der Waals surface area contributed by atoms with Crippen molar-refractivity contribution in [2.75, 3.05) is 13.7 Å². The average Bonchev–Trinajstić information content (AvgIpc) is 2.73. The molecule has 86 valence electrons. The summed E-state index contributed by atoms with van der Waals surface area (Å²) in [6, 6.07) is 7.48. The molecule has 1 atom stereocenters. The molecular weight excluding hydrogens is 274 g/mol. The van der Waals surface area contributed by atoms with Crippen LogP contribution in [-0.2, 0) is 4.84 Å². The highest BCUT2D eigenvalue weighted by Gasteiger charge is 2.19. The van der Waals surface area contributed by atoms with Crippen LogP contribution in [0.1, 0.15) is 6.42 Å². The zero-order valence-corrected chi connectivity index (χ0v) is 10.4. The van der Waals surface area contributed by atoms with Crippen molar-refractivity contribution in [1.82, 2.24) is 0 Å². The molecule has 0 aliphatic carbocycles. The Bertz CT molecular complexity index is 395. The lowest BCUT2D eigenvalue weighted by molar-refractivity contribution is 0.0470. The number of hydrogen-bond donors (Lipinski definition) is 0. The first-order valence-electron chi connectivity index (χ1n) is 4.93.